The molecule has 2 aromatic heterocycles. The van der Waals surface area contributed by atoms with Gasteiger partial charge in [-0.15, -0.1) is 11.8 Å². The number of H-pyrrole nitrogens is 1. The van der Waals surface area contributed by atoms with Gasteiger partial charge in [0.1, 0.15) is 5.75 Å². The predicted molar refractivity (Wildman–Crippen MR) is 115 cm³/mol. The molecule has 0 aliphatic carbocycles. The van der Waals surface area contributed by atoms with E-state index in [2.05, 4.69) is 15.2 Å². The fourth-order valence-electron chi connectivity index (χ4n) is 3.54. The summed E-state index contributed by atoms with van der Waals surface area (Å²) in [5.74, 6) is -0.987. The Balaban J connectivity index is 1.89. The molecule has 32 heavy (non-hydrogen) atoms. The lowest BCUT2D eigenvalue weighted by Gasteiger charge is -2.39. The standard InChI is InChI=1S/C21H25N3O7S/c1-10-18(11(2)24-23-10)15-6-16(8-22-7-15)31-21-20(30-14(5)27)19(29-13(4)26)17(9-32-21)28-12(3)25/h6-8,17,19-21H,9H2,1-5H3,(H,23,24)/t17-,19+,20-,21+/m1/s1. The Morgan fingerprint density at radius 3 is 2.25 bits per heavy atom. The molecule has 172 valence electrons. The van der Waals surface area contributed by atoms with Crippen LogP contribution >= 0.6 is 11.8 Å². The maximum Gasteiger partial charge on any atom is 0.303 e. The molecule has 0 unspecified atom stereocenters. The number of aryl methyl sites for hydroxylation is 2. The van der Waals surface area contributed by atoms with E-state index < -0.39 is 41.7 Å². The summed E-state index contributed by atoms with van der Waals surface area (Å²) >= 11 is 1.28. The molecule has 3 rings (SSSR count). The summed E-state index contributed by atoms with van der Waals surface area (Å²) in [5.41, 5.74) is 2.73. The minimum Gasteiger partial charge on any atom is -0.474 e. The number of carbonyl (C=O) groups is 3. The minimum atomic E-state index is -1.01. The number of hydrogen-bond acceptors (Lipinski definition) is 10. The molecule has 10 nitrogen and oxygen atoms in total. The number of nitrogens with one attached hydrogen (secondary N) is 1. The quantitative estimate of drug-likeness (QED) is 0.503. The predicted octanol–water partition coefficient (Wildman–Crippen LogP) is 2.34. The van der Waals surface area contributed by atoms with Crippen molar-refractivity contribution in [3.8, 4) is 16.9 Å². The Morgan fingerprint density at radius 2 is 1.66 bits per heavy atom. The first kappa shape index (κ1) is 23.6. The number of carbonyl (C=O) groups excluding carboxylic acids is 3. The number of aromatic nitrogens is 3. The van der Waals surface area contributed by atoms with E-state index in [1.807, 2.05) is 19.9 Å². The fraction of sp³-hybridized carbons (Fsp3) is 0.476. The normalized spacial score (nSPS) is 22.7. The molecule has 0 radical (unpaired) electrons. The third kappa shape index (κ3) is 5.58. The van der Waals surface area contributed by atoms with E-state index in [1.54, 1.807) is 12.4 Å². The Kier molecular flexibility index (Phi) is 7.39. The van der Waals surface area contributed by atoms with Crippen LogP contribution in [-0.2, 0) is 28.6 Å². The smallest absolute Gasteiger partial charge is 0.303 e. The molecule has 2 aromatic rings. The highest BCUT2D eigenvalue weighted by Gasteiger charge is 2.47. The zero-order valence-electron chi connectivity index (χ0n) is 18.4. The number of rotatable bonds is 6. The molecule has 1 fully saturated rings. The van der Waals surface area contributed by atoms with Gasteiger partial charge in [-0.2, -0.15) is 5.10 Å². The number of hydrogen-bond donors (Lipinski definition) is 1. The summed E-state index contributed by atoms with van der Waals surface area (Å²) in [6, 6.07) is 1.81. The molecule has 0 saturated carbocycles. The van der Waals surface area contributed by atoms with Crippen LogP contribution in [0.2, 0.25) is 0 Å². The van der Waals surface area contributed by atoms with Gasteiger partial charge in [-0.3, -0.25) is 24.5 Å². The second kappa shape index (κ2) is 10.0. The van der Waals surface area contributed by atoms with Gasteiger partial charge in [0.15, 0.2) is 23.7 Å². The van der Waals surface area contributed by atoms with Gasteiger partial charge in [-0.05, 0) is 19.9 Å². The summed E-state index contributed by atoms with van der Waals surface area (Å²) in [5, 5.41) is 7.15. The topological polar surface area (TPSA) is 130 Å². The first-order valence-electron chi connectivity index (χ1n) is 9.92. The molecule has 1 N–H and O–H groups in total. The van der Waals surface area contributed by atoms with E-state index in [1.165, 1.54) is 32.5 Å². The number of pyridine rings is 1. The van der Waals surface area contributed by atoms with Gasteiger partial charge < -0.3 is 18.9 Å². The molecular weight excluding hydrogens is 438 g/mol. The highest BCUT2D eigenvalue weighted by Crippen LogP contribution is 2.35. The lowest BCUT2D eigenvalue weighted by molar-refractivity contribution is -0.186. The number of aromatic amines is 1. The Morgan fingerprint density at radius 1 is 1.00 bits per heavy atom. The highest BCUT2D eigenvalue weighted by atomic mass is 32.2. The lowest BCUT2D eigenvalue weighted by atomic mass is 10.1. The Hall–Kier alpha value is -3.08. The average Bonchev–Trinajstić information content (AvgIpc) is 3.03. The van der Waals surface area contributed by atoms with Crippen LogP contribution in [0.1, 0.15) is 32.2 Å². The van der Waals surface area contributed by atoms with E-state index in [4.69, 9.17) is 18.9 Å². The molecule has 3 heterocycles. The Bertz CT molecular complexity index is 990. The van der Waals surface area contributed by atoms with Crippen LogP contribution in [0.4, 0.5) is 0 Å². The van der Waals surface area contributed by atoms with E-state index in [9.17, 15) is 14.4 Å². The van der Waals surface area contributed by atoms with Crippen LogP contribution in [0.25, 0.3) is 11.1 Å². The van der Waals surface area contributed by atoms with Gasteiger partial charge in [0.05, 0.1) is 11.9 Å². The zero-order chi connectivity index (χ0) is 23.4. The lowest BCUT2D eigenvalue weighted by Crippen LogP contribution is -2.55. The van der Waals surface area contributed by atoms with Crippen molar-refractivity contribution < 1.29 is 33.3 Å². The molecule has 1 aliphatic heterocycles. The average molecular weight is 464 g/mol. The molecule has 4 atom stereocenters. The van der Waals surface area contributed by atoms with Crippen LogP contribution in [0.15, 0.2) is 18.5 Å². The van der Waals surface area contributed by atoms with Crippen molar-refractivity contribution in [2.45, 2.75) is 58.4 Å². The van der Waals surface area contributed by atoms with Gasteiger partial charge >= 0.3 is 17.9 Å². The number of nitrogens with zero attached hydrogens (tertiary/aromatic N) is 2. The Labute approximate surface area is 189 Å². The minimum absolute atomic E-state index is 0.285. The molecule has 0 spiro atoms. The summed E-state index contributed by atoms with van der Waals surface area (Å²) < 4.78 is 22.3. The summed E-state index contributed by atoms with van der Waals surface area (Å²) in [6.45, 7) is 7.54. The van der Waals surface area contributed by atoms with Crippen LogP contribution in [0, 0.1) is 13.8 Å². The molecule has 11 heteroatoms. The van der Waals surface area contributed by atoms with Crippen molar-refractivity contribution in [3.63, 3.8) is 0 Å². The van der Waals surface area contributed by atoms with E-state index in [0.717, 1.165) is 22.5 Å². The summed E-state index contributed by atoms with van der Waals surface area (Å²) in [4.78, 5) is 39.3. The second-order valence-corrected chi connectivity index (χ2v) is 8.47. The van der Waals surface area contributed by atoms with Gasteiger partial charge in [0.25, 0.3) is 0 Å². The third-order valence-electron chi connectivity index (χ3n) is 4.69. The largest absolute Gasteiger partial charge is 0.474 e. The first-order chi connectivity index (χ1) is 15.2. The molecule has 1 aliphatic rings. The van der Waals surface area contributed by atoms with Gasteiger partial charge in [0.2, 0.25) is 0 Å². The van der Waals surface area contributed by atoms with Crippen molar-refractivity contribution >= 4 is 29.7 Å². The molecule has 0 bridgehead atoms. The molecular formula is C21H25N3O7S. The van der Waals surface area contributed by atoms with Crippen molar-refractivity contribution in [2.24, 2.45) is 0 Å². The van der Waals surface area contributed by atoms with Gasteiger partial charge in [-0.25, -0.2) is 0 Å². The maximum absolute atomic E-state index is 11.8. The summed E-state index contributed by atoms with van der Waals surface area (Å²) in [6.07, 6.45) is 0.444. The summed E-state index contributed by atoms with van der Waals surface area (Å²) in [7, 11) is 0. The van der Waals surface area contributed by atoms with E-state index in [-0.39, 0.29) is 5.75 Å². The SMILES string of the molecule is CC(=O)O[C@@H]1[C@@H](OC(C)=O)[C@@H](Oc2cncc(-c3c(C)n[nH]c3C)c2)SC[C@H]1OC(C)=O. The number of esters is 3. The van der Waals surface area contributed by atoms with E-state index in [0.29, 0.717) is 5.75 Å². The molecule has 1 saturated heterocycles. The zero-order valence-corrected chi connectivity index (χ0v) is 19.2. The number of thioether (sulfide) groups is 1. The van der Waals surface area contributed by atoms with Crippen LogP contribution in [0.3, 0.4) is 0 Å². The van der Waals surface area contributed by atoms with Crippen molar-refractivity contribution in [1.82, 2.24) is 15.2 Å². The number of ether oxygens (including phenoxy) is 4. The molecule has 0 aromatic carbocycles. The van der Waals surface area contributed by atoms with Gasteiger partial charge in [-0.1, -0.05) is 0 Å². The van der Waals surface area contributed by atoms with Crippen LogP contribution in [0.5, 0.6) is 5.75 Å². The maximum atomic E-state index is 11.8. The van der Waals surface area contributed by atoms with Crippen molar-refractivity contribution in [2.75, 3.05) is 5.75 Å². The van der Waals surface area contributed by atoms with Crippen molar-refractivity contribution in [3.05, 3.63) is 29.8 Å². The van der Waals surface area contributed by atoms with Crippen molar-refractivity contribution in [1.29, 1.82) is 0 Å². The fourth-order valence-corrected chi connectivity index (χ4v) is 4.76. The monoisotopic (exact) mass is 463 g/mol. The van der Waals surface area contributed by atoms with E-state index >= 15 is 0 Å². The van der Waals surface area contributed by atoms with Gasteiger partial charge in [0, 0.05) is 49.5 Å². The highest BCUT2D eigenvalue weighted by molar-refractivity contribution is 7.99. The van der Waals surface area contributed by atoms with Crippen LogP contribution < -0.4 is 4.74 Å². The molecule has 0 amide bonds. The third-order valence-corrected chi connectivity index (χ3v) is 5.90. The van der Waals surface area contributed by atoms with Crippen LogP contribution in [-0.4, -0.2) is 62.6 Å². The second-order valence-electron chi connectivity index (χ2n) is 7.33. The first-order valence-corrected chi connectivity index (χ1v) is 11.0.